The molecule has 1 atom stereocenters. The first-order chi connectivity index (χ1) is 13.5. The van der Waals surface area contributed by atoms with Crippen LogP contribution in [0.4, 0.5) is 0 Å². The Morgan fingerprint density at radius 2 is 2.00 bits per heavy atom. The molecule has 0 bridgehead atoms. The number of fused-ring (bicyclic) bond motifs is 1. The van der Waals surface area contributed by atoms with Gasteiger partial charge < -0.3 is 19.1 Å². The van der Waals surface area contributed by atoms with Gasteiger partial charge in [-0.3, -0.25) is 14.4 Å². The summed E-state index contributed by atoms with van der Waals surface area (Å²) in [5.74, 6) is -0.0436. The van der Waals surface area contributed by atoms with E-state index in [0.29, 0.717) is 32.6 Å². The molecule has 4 rings (SSSR count). The van der Waals surface area contributed by atoms with E-state index in [1.165, 1.54) is 6.26 Å². The predicted molar refractivity (Wildman–Crippen MR) is 101 cm³/mol. The van der Waals surface area contributed by atoms with Crippen LogP contribution >= 0.6 is 0 Å². The Labute approximate surface area is 163 Å². The first kappa shape index (κ1) is 18.3. The molecule has 7 nitrogen and oxygen atoms in total. The SMILES string of the molecule is Cc1cccc(CN2CC(=O)N3CCN(C(=O)c4ccco4)CCC3C2=O)c1. The number of hydrogen-bond acceptors (Lipinski definition) is 4. The zero-order valence-electron chi connectivity index (χ0n) is 15.8. The molecule has 0 aliphatic carbocycles. The highest BCUT2D eigenvalue weighted by Crippen LogP contribution is 2.22. The minimum absolute atomic E-state index is 0.0478. The van der Waals surface area contributed by atoms with E-state index in [4.69, 9.17) is 4.42 Å². The molecule has 2 fully saturated rings. The average Bonchev–Trinajstić information content (AvgIpc) is 3.11. The summed E-state index contributed by atoms with van der Waals surface area (Å²) in [5.41, 5.74) is 2.13. The third kappa shape index (κ3) is 3.52. The summed E-state index contributed by atoms with van der Waals surface area (Å²) in [6.07, 6.45) is 1.89. The number of amides is 3. The number of hydrogen-bond donors (Lipinski definition) is 0. The van der Waals surface area contributed by atoms with Crippen LogP contribution < -0.4 is 0 Å². The van der Waals surface area contributed by atoms with Crippen molar-refractivity contribution in [3.63, 3.8) is 0 Å². The van der Waals surface area contributed by atoms with E-state index in [-0.39, 0.29) is 30.0 Å². The number of carbonyl (C=O) groups is 3. The molecule has 1 aromatic heterocycles. The lowest BCUT2D eigenvalue weighted by atomic mass is 10.1. The van der Waals surface area contributed by atoms with Crippen LogP contribution in [-0.2, 0) is 16.1 Å². The maximum atomic E-state index is 13.1. The molecule has 0 saturated carbocycles. The Kier molecular flexibility index (Phi) is 4.90. The first-order valence-electron chi connectivity index (χ1n) is 9.49. The van der Waals surface area contributed by atoms with Crippen LogP contribution in [0.25, 0.3) is 0 Å². The number of rotatable bonds is 3. The molecule has 146 valence electrons. The summed E-state index contributed by atoms with van der Waals surface area (Å²) in [4.78, 5) is 43.2. The van der Waals surface area contributed by atoms with Gasteiger partial charge in [-0.05, 0) is 31.0 Å². The van der Waals surface area contributed by atoms with Crippen molar-refractivity contribution < 1.29 is 18.8 Å². The largest absolute Gasteiger partial charge is 0.459 e. The molecule has 2 aliphatic heterocycles. The molecule has 0 N–H and O–H groups in total. The summed E-state index contributed by atoms with van der Waals surface area (Å²) in [6.45, 7) is 3.68. The van der Waals surface area contributed by atoms with Gasteiger partial charge in [-0.1, -0.05) is 29.8 Å². The van der Waals surface area contributed by atoms with Crippen molar-refractivity contribution in [2.75, 3.05) is 26.2 Å². The van der Waals surface area contributed by atoms with Crippen molar-refractivity contribution in [2.24, 2.45) is 0 Å². The molecule has 0 radical (unpaired) electrons. The highest BCUT2D eigenvalue weighted by atomic mass is 16.3. The average molecular weight is 381 g/mol. The van der Waals surface area contributed by atoms with E-state index in [0.717, 1.165) is 11.1 Å². The van der Waals surface area contributed by atoms with E-state index in [2.05, 4.69) is 0 Å². The van der Waals surface area contributed by atoms with Crippen molar-refractivity contribution >= 4 is 17.7 Å². The van der Waals surface area contributed by atoms with Crippen LogP contribution in [0.3, 0.4) is 0 Å². The molecule has 0 spiro atoms. The molecule has 1 unspecified atom stereocenters. The Bertz CT molecular complexity index is 893. The molecule has 7 heteroatoms. The standard InChI is InChI=1S/C21H23N3O4/c1-15-4-2-5-16(12-15)13-23-14-19(25)24-10-9-22(8-7-17(24)20(23)26)21(27)18-6-3-11-28-18/h2-6,11-12,17H,7-10,13-14H2,1H3. The Balaban J connectivity index is 1.48. The van der Waals surface area contributed by atoms with Crippen molar-refractivity contribution in [2.45, 2.75) is 25.9 Å². The number of nitrogens with zero attached hydrogens (tertiary/aromatic N) is 3. The monoisotopic (exact) mass is 381 g/mol. The third-order valence-corrected chi connectivity index (χ3v) is 5.38. The van der Waals surface area contributed by atoms with Crippen molar-refractivity contribution in [3.8, 4) is 0 Å². The van der Waals surface area contributed by atoms with E-state index >= 15 is 0 Å². The minimum Gasteiger partial charge on any atom is -0.459 e. The van der Waals surface area contributed by atoms with Gasteiger partial charge in [-0.25, -0.2) is 0 Å². The van der Waals surface area contributed by atoms with Crippen LogP contribution in [0.5, 0.6) is 0 Å². The maximum absolute atomic E-state index is 13.1. The second-order valence-corrected chi connectivity index (χ2v) is 7.34. The fourth-order valence-corrected chi connectivity index (χ4v) is 3.95. The van der Waals surface area contributed by atoms with Crippen molar-refractivity contribution in [3.05, 3.63) is 59.5 Å². The van der Waals surface area contributed by atoms with Gasteiger partial charge in [0.05, 0.1) is 6.26 Å². The summed E-state index contributed by atoms with van der Waals surface area (Å²) >= 11 is 0. The van der Waals surface area contributed by atoms with Crippen molar-refractivity contribution in [1.29, 1.82) is 0 Å². The van der Waals surface area contributed by atoms with Gasteiger partial charge in [-0.15, -0.1) is 0 Å². The fraction of sp³-hybridized carbons (Fsp3) is 0.381. The lowest BCUT2D eigenvalue weighted by molar-refractivity contribution is -0.156. The van der Waals surface area contributed by atoms with E-state index < -0.39 is 6.04 Å². The maximum Gasteiger partial charge on any atom is 0.289 e. The van der Waals surface area contributed by atoms with Crippen LogP contribution in [0.1, 0.15) is 28.1 Å². The highest BCUT2D eigenvalue weighted by Gasteiger charge is 2.41. The van der Waals surface area contributed by atoms with Crippen LogP contribution in [0.15, 0.2) is 47.1 Å². The van der Waals surface area contributed by atoms with Gasteiger partial charge >= 0.3 is 0 Å². The lowest BCUT2D eigenvalue weighted by Gasteiger charge is -2.39. The third-order valence-electron chi connectivity index (χ3n) is 5.38. The zero-order chi connectivity index (χ0) is 19.7. The summed E-state index contributed by atoms with van der Waals surface area (Å²) < 4.78 is 5.20. The Morgan fingerprint density at radius 1 is 1.14 bits per heavy atom. The molecule has 3 heterocycles. The molecule has 2 aliphatic rings. The van der Waals surface area contributed by atoms with E-state index in [1.54, 1.807) is 26.8 Å². The predicted octanol–water partition coefficient (Wildman–Crippen LogP) is 1.67. The molecule has 1 aromatic carbocycles. The Morgan fingerprint density at radius 3 is 2.75 bits per heavy atom. The van der Waals surface area contributed by atoms with Crippen molar-refractivity contribution in [1.82, 2.24) is 14.7 Å². The van der Waals surface area contributed by atoms with Crippen LogP contribution in [0, 0.1) is 6.92 Å². The minimum atomic E-state index is -0.513. The number of aryl methyl sites for hydroxylation is 1. The first-order valence-corrected chi connectivity index (χ1v) is 9.49. The van der Waals surface area contributed by atoms with E-state index in [9.17, 15) is 14.4 Å². The normalized spacial score (nSPS) is 20.2. The number of furan rings is 1. The summed E-state index contributed by atoms with van der Waals surface area (Å²) in [5, 5.41) is 0. The van der Waals surface area contributed by atoms with Gasteiger partial charge in [0.25, 0.3) is 5.91 Å². The van der Waals surface area contributed by atoms with Crippen LogP contribution in [-0.4, -0.2) is 64.6 Å². The topological polar surface area (TPSA) is 74.1 Å². The van der Waals surface area contributed by atoms with Gasteiger partial charge in [0.15, 0.2) is 5.76 Å². The highest BCUT2D eigenvalue weighted by molar-refractivity contribution is 5.95. The molecule has 2 aromatic rings. The van der Waals surface area contributed by atoms with Gasteiger partial charge in [0.2, 0.25) is 11.8 Å². The molecule has 3 amide bonds. The van der Waals surface area contributed by atoms with Gasteiger partial charge in [0, 0.05) is 26.2 Å². The number of benzene rings is 1. The van der Waals surface area contributed by atoms with Gasteiger partial charge in [-0.2, -0.15) is 0 Å². The molecule has 2 saturated heterocycles. The molecular weight excluding hydrogens is 358 g/mol. The second kappa shape index (κ2) is 7.50. The zero-order valence-corrected chi connectivity index (χ0v) is 15.8. The second-order valence-electron chi connectivity index (χ2n) is 7.34. The van der Waals surface area contributed by atoms with Crippen LogP contribution in [0.2, 0.25) is 0 Å². The summed E-state index contributed by atoms with van der Waals surface area (Å²) in [7, 11) is 0. The molecule has 28 heavy (non-hydrogen) atoms. The Hall–Kier alpha value is -3.09. The lowest BCUT2D eigenvalue weighted by Crippen LogP contribution is -2.59. The molecular formula is C21H23N3O4. The van der Waals surface area contributed by atoms with E-state index in [1.807, 2.05) is 31.2 Å². The number of carbonyl (C=O) groups excluding carboxylic acids is 3. The number of piperazine rings is 1. The smallest absolute Gasteiger partial charge is 0.289 e. The fourth-order valence-electron chi connectivity index (χ4n) is 3.95. The quantitative estimate of drug-likeness (QED) is 0.811. The van der Waals surface area contributed by atoms with Gasteiger partial charge in [0.1, 0.15) is 12.6 Å². The summed E-state index contributed by atoms with van der Waals surface area (Å²) in [6, 6.07) is 10.7.